The molecular weight excluding hydrogens is 949 g/mol. The number of hydrogen-bond acceptors (Lipinski definition) is 22. The molecule has 3 fully saturated rings. The standard InChI is InChI=1S/C50H66N2O20/c1-20(2)49(62)72-48-24(6)68-36(19-50(48,7)63)70-33-17-34(66-22(4)42(33)58)69-32-18-35(67-23(5)41(32)57)71-47-29(46(65-9)45(61)40(56)21(3)53)15-25-14-28-38(43(59)37(25)44(47)60)30(54)16-31(55)39(28)52-51-26-10-12-27(64-8)13-11-26/h10-14,16,20-24,29,32-36,40-42,46-48,53-59,63H,15,17-19H2,1-9H3/t21-,22-,23-,24+,29+,32-,33-,34+,35+,36+,40+,41-,42-,46+,47+,48+,50+/m1/s1. The summed E-state index contributed by atoms with van der Waals surface area (Å²) in [6.45, 7) is 10.8. The summed E-state index contributed by atoms with van der Waals surface area (Å²) in [6.07, 6.45) is -19.2. The highest BCUT2D eigenvalue weighted by Crippen LogP contribution is 2.50. The summed E-state index contributed by atoms with van der Waals surface area (Å²) in [5.74, 6) is -5.36. The SMILES string of the molecule is COc1ccc(N=Nc2c(O)cc(O)c3c(O)c4c(cc23)C[C@@H]([C@H](OC)C(=O)[C@@H](O)[C@@H](C)O)[C@H](O[C@H]2C[C@@H](O[C@H]3C[C@@H](O[C@H]5C[C@](C)(O)[C@@H](OC(=O)C(C)C)[C@H](C)O5)[C@H](O)[C@@H](C)O3)[C@H](O)[C@@H](C)O2)C4=O)cc1. The second kappa shape index (κ2) is 22.3. The van der Waals surface area contributed by atoms with Gasteiger partial charge >= 0.3 is 5.97 Å². The van der Waals surface area contributed by atoms with Crippen LogP contribution in [-0.4, -0.2) is 170 Å². The summed E-state index contributed by atoms with van der Waals surface area (Å²) < 4.78 is 53.5. The van der Waals surface area contributed by atoms with Crippen LogP contribution in [0.3, 0.4) is 0 Å². The Kier molecular flexibility index (Phi) is 16.9. The number of benzene rings is 3. The van der Waals surface area contributed by atoms with E-state index in [1.54, 1.807) is 52.0 Å². The predicted octanol–water partition coefficient (Wildman–Crippen LogP) is 3.66. The lowest BCUT2D eigenvalue weighted by molar-refractivity contribution is -0.334. The third-order valence-electron chi connectivity index (χ3n) is 13.7. The van der Waals surface area contributed by atoms with Gasteiger partial charge in [-0.05, 0) is 76.9 Å². The molecule has 0 radical (unpaired) electrons. The number of ketones is 2. The molecule has 3 aromatic carbocycles. The lowest BCUT2D eigenvalue weighted by Gasteiger charge is -2.47. The zero-order valence-electron chi connectivity index (χ0n) is 41.5. The van der Waals surface area contributed by atoms with Crippen LogP contribution in [-0.2, 0) is 53.9 Å². The molecule has 1 aliphatic carbocycles. The largest absolute Gasteiger partial charge is 0.507 e. The van der Waals surface area contributed by atoms with Gasteiger partial charge in [0, 0.05) is 43.7 Å². The van der Waals surface area contributed by atoms with Gasteiger partial charge < -0.3 is 83.5 Å². The molecule has 3 heterocycles. The number of fused-ring (bicyclic) bond motifs is 2. The maximum atomic E-state index is 14.9. The number of aliphatic hydroxyl groups is 5. The number of phenols is 3. The number of nitrogens with zero attached hydrogens (tertiary/aromatic N) is 2. The van der Waals surface area contributed by atoms with Gasteiger partial charge in [-0.2, -0.15) is 5.11 Å². The van der Waals surface area contributed by atoms with E-state index in [0.29, 0.717) is 11.4 Å². The number of esters is 1. The highest BCUT2D eigenvalue weighted by molar-refractivity contribution is 6.13. The van der Waals surface area contributed by atoms with Crippen molar-refractivity contribution in [3.63, 3.8) is 0 Å². The highest BCUT2D eigenvalue weighted by Gasteiger charge is 2.52. The van der Waals surface area contributed by atoms with Gasteiger partial charge in [0.25, 0.3) is 0 Å². The van der Waals surface area contributed by atoms with Gasteiger partial charge in [0.1, 0.15) is 64.8 Å². The number of carbonyl (C=O) groups excluding carboxylic acids is 3. The molecule has 22 heteroatoms. The number of aliphatic hydroxyl groups excluding tert-OH is 4. The molecule has 17 atom stereocenters. The molecule has 72 heavy (non-hydrogen) atoms. The maximum Gasteiger partial charge on any atom is 0.308 e. The molecule has 3 aromatic rings. The first-order valence-electron chi connectivity index (χ1n) is 23.9. The number of hydrogen-bond donors (Lipinski definition) is 8. The van der Waals surface area contributed by atoms with Crippen LogP contribution in [0.15, 0.2) is 46.6 Å². The van der Waals surface area contributed by atoms with Crippen LogP contribution in [0.2, 0.25) is 0 Å². The van der Waals surface area contributed by atoms with Crippen LogP contribution >= 0.6 is 0 Å². The number of ether oxygens (including phenoxy) is 9. The molecule has 0 amide bonds. The summed E-state index contributed by atoms with van der Waals surface area (Å²) in [7, 11) is 2.67. The minimum absolute atomic E-state index is 0.0141. The quantitative estimate of drug-likeness (QED) is 0.0750. The molecule has 3 saturated heterocycles. The molecule has 0 unspecified atom stereocenters. The molecule has 4 aliphatic rings. The Bertz CT molecular complexity index is 2470. The van der Waals surface area contributed by atoms with Crippen LogP contribution in [0.5, 0.6) is 23.0 Å². The maximum absolute atomic E-state index is 14.9. The number of azo groups is 1. The molecule has 0 saturated carbocycles. The molecule has 7 rings (SSSR count). The van der Waals surface area contributed by atoms with Gasteiger partial charge in [-0.15, -0.1) is 5.11 Å². The fraction of sp³-hybridized carbons (Fsp3) is 0.620. The number of carbonyl (C=O) groups is 3. The number of rotatable bonds is 16. The number of Topliss-reactive ketones (excluding diaryl/α,β-unsaturated/α-hetero) is 2. The fourth-order valence-corrected chi connectivity index (χ4v) is 9.81. The van der Waals surface area contributed by atoms with Crippen molar-refractivity contribution in [1.29, 1.82) is 0 Å². The van der Waals surface area contributed by atoms with Crippen molar-refractivity contribution >= 4 is 39.7 Å². The lowest BCUT2D eigenvalue weighted by Crippen LogP contribution is -2.59. The van der Waals surface area contributed by atoms with Crippen molar-refractivity contribution in [2.75, 3.05) is 14.2 Å². The summed E-state index contributed by atoms with van der Waals surface area (Å²) in [4.78, 5) is 41.2. The predicted molar refractivity (Wildman–Crippen MR) is 250 cm³/mol. The Balaban J connectivity index is 1.15. The van der Waals surface area contributed by atoms with Crippen LogP contribution in [0.1, 0.15) is 83.7 Å². The molecule has 8 N–H and O–H groups in total. The van der Waals surface area contributed by atoms with Crippen molar-refractivity contribution in [1.82, 2.24) is 0 Å². The molecule has 0 aromatic heterocycles. The van der Waals surface area contributed by atoms with Crippen molar-refractivity contribution in [3.05, 3.63) is 47.5 Å². The highest BCUT2D eigenvalue weighted by atomic mass is 16.7. The van der Waals surface area contributed by atoms with Crippen LogP contribution in [0, 0.1) is 11.8 Å². The fourth-order valence-electron chi connectivity index (χ4n) is 9.81. The van der Waals surface area contributed by atoms with E-state index >= 15 is 0 Å². The Hall–Kier alpha value is -4.95. The summed E-state index contributed by atoms with van der Waals surface area (Å²) in [6, 6.07) is 8.83. The van der Waals surface area contributed by atoms with Crippen LogP contribution in [0.4, 0.5) is 11.4 Å². The molecule has 3 aliphatic heterocycles. The normalized spacial score (nSPS) is 33.4. The van der Waals surface area contributed by atoms with Gasteiger partial charge in [-0.1, -0.05) is 13.8 Å². The summed E-state index contributed by atoms with van der Waals surface area (Å²) in [5.41, 5.74) is -1.56. The number of methoxy groups -OCH3 is 2. The molecule has 22 nitrogen and oxygen atoms in total. The molecule has 0 bridgehead atoms. The minimum atomic E-state index is -1.95. The van der Waals surface area contributed by atoms with Gasteiger partial charge in [-0.25, -0.2) is 0 Å². The van der Waals surface area contributed by atoms with Gasteiger partial charge in [0.15, 0.2) is 36.5 Å². The smallest absolute Gasteiger partial charge is 0.308 e. The average molecular weight is 1020 g/mol. The third-order valence-corrected chi connectivity index (χ3v) is 13.7. The van der Waals surface area contributed by atoms with E-state index in [2.05, 4.69) is 10.2 Å². The van der Waals surface area contributed by atoms with Crippen molar-refractivity contribution in [2.45, 2.75) is 172 Å². The Morgan fingerprint density at radius 2 is 1.39 bits per heavy atom. The van der Waals surface area contributed by atoms with E-state index < -0.39 is 144 Å². The third kappa shape index (κ3) is 11.4. The van der Waals surface area contributed by atoms with Crippen LogP contribution in [0.25, 0.3) is 10.8 Å². The molecular formula is C50H66N2O20. The van der Waals surface area contributed by atoms with E-state index in [-0.39, 0.29) is 53.3 Å². The van der Waals surface area contributed by atoms with Crippen molar-refractivity contribution < 1.29 is 97.9 Å². The number of phenolic OH excluding ortho intramolecular Hbond substituents is 3. The zero-order chi connectivity index (χ0) is 52.7. The second-order valence-corrected chi connectivity index (χ2v) is 19.6. The van der Waals surface area contributed by atoms with Gasteiger partial charge in [0.2, 0.25) is 0 Å². The lowest BCUT2D eigenvalue weighted by atomic mass is 9.75. The van der Waals surface area contributed by atoms with E-state index in [4.69, 9.17) is 42.6 Å². The Labute approximate surface area is 415 Å². The van der Waals surface area contributed by atoms with Crippen molar-refractivity contribution in [2.24, 2.45) is 22.1 Å². The first-order chi connectivity index (χ1) is 33.9. The first-order valence-corrected chi connectivity index (χ1v) is 23.9. The number of aromatic hydroxyl groups is 3. The van der Waals surface area contributed by atoms with Crippen molar-refractivity contribution in [3.8, 4) is 23.0 Å². The second-order valence-electron chi connectivity index (χ2n) is 19.6. The Morgan fingerprint density at radius 1 is 0.806 bits per heavy atom. The first kappa shape index (κ1) is 54.8. The van der Waals surface area contributed by atoms with Crippen LogP contribution < -0.4 is 4.74 Å². The topological polar surface area (TPSA) is 321 Å². The van der Waals surface area contributed by atoms with E-state index in [1.165, 1.54) is 41.1 Å². The monoisotopic (exact) mass is 1010 g/mol. The van der Waals surface area contributed by atoms with E-state index in [0.717, 1.165) is 6.07 Å². The van der Waals surface area contributed by atoms with Gasteiger partial charge in [-0.3, -0.25) is 14.4 Å². The summed E-state index contributed by atoms with van der Waals surface area (Å²) in [5, 5.41) is 97.2. The molecule has 0 spiro atoms. The Morgan fingerprint density at radius 3 is 1.94 bits per heavy atom. The van der Waals surface area contributed by atoms with Gasteiger partial charge in [0.05, 0.1) is 66.3 Å². The summed E-state index contributed by atoms with van der Waals surface area (Å²) >= 11 is 0. The van der Waals surface area contributed by atoms with E-state index in [9.17, 15) is 55.2 Å². The molecule has 396 valence electrons. The van der Waals surface area contributed by atoms with E-state index in [1.807, 2.05) is 0 Å². The zero-order valence-corrected chi connectivity index (χ0v) is 41.5. The minimum Gasteiger partial charge on any atom is -0.507 e. The average Bonchev–Trinajstić information content (AvgIpc) is 3.31.